The molecule has 0 saturated carbocycles. The number of hydrogen-bond acceptors (Lipinski definition) is 6. The highest BCUT2D eigenvalue weighted by Crippen LogP contribution is 2.12. The second kappa shape index (κ2) is 6.14. The zero-order valence-electron chi connectivity index (χ0n) is 11.2. The molecule has 0 aliphatic rings. The Morgan fingerprint density at radius 3 is 2.74 bits per heavy atom. The van der Waals surface area contributed by atoms with Crippen molar-refractivity contribution in [2.24, 2.45) is 12.9 Å². The Labute approximate surface area is 112 Å². The van der Waals surface area contributed by atoms with E-state index in [1.807, 2.05) is 17.8 Å². The number of aryl methyl sites for hydroxylation is 2. The maximum absolute atomic E-state index is 5.42. The summed E-state index contributed by atoms with van der Waals surface area (Å²) < 4.78 is 1.82. The quantitative estimate of drug-likeness (QED) is 0.532. The third-order valence-corrected chi connectivity index (χ3v) is 2.77. The van der Waals surface area contributed by atoms with Crippen LogP contribution < -0.4 is 16.6 Å². The van der Waals surface area contributed by atoms with E-state index in [1.54, 1.807) is 12.3 Å². The fourth-order valence-electron chi connectivity index (χ4n) is 1.75. The number of nitrogens with zero attached hydrogens (tertiary/aromatic N) is 4. The van der Waals surface area contributed by atoms with Gasteiger partial charge in [-0.25, -0.2) is 15.8 Å². The number of rotatable bonds is 6. The standard InChI is InChI=1S/C12H19N7/c1-3-4-10-16-11(7-12(17-10)18-13)14-8-9-5-6-15-19(9)2/h5-7H,3-4,8,13H2,1-2H3,(H2,14,16,17,18). The minimum Gasteiger partial charge on any atom is -0.364 e. The van der Waals surface area contributed by atoms with Crippen molar-refractivity contribution in [2.45, 2.75) is 26.3 Å². The molecule has 2 rings (SSSR count). The van der Waals surface area contributed by atoms with Crippen LogP contribution in [0.1, 0.15) is 24.9 Å². The first-order valence-electron chi connectivity index (χ1n) is 6.28. The lowest BCUT2D eigenvalue weighted by Gasteiger charge is -2.09. The minimum absolute atomic E-state index is 0.617. The lowest BCUT2D eigenvalue weighted by atomic mass is 10.3. The van der Waals surface area contributed by atoms with Crippen molar-refractivity contribution in [3.8, 4) is 0 Å². The molecule has 2 aromatic heterocycles. The molecule has 0 aliphatic heterocycles. The number of nitrogens with one attached hydrogen (secondary N) is 2. The number of nitrogen functional groups attached to an aromatic ring is 1. The van der Waals surface area contributed by atoms with Crippen molar-refractivity contribution in [2.75, 3.05) is 10.7 Å². The largest absolute Gasteiger partial charge is 0.364 e. The first-order valence-corrected chi connectivity index (χ1v) is 6.28. The van der Waals surface area contributed by atoms with Gasteiger partial charge in [0.25, 0.3) is 0 Å². The summed E-state index contributed by atoms with van der Waals surface area (Å²) >= 11 is 0. The summed E-state index contributed by atoms with van der Waals surface area (Å²) in [5.74, 6) is 7.57. The second-order valence-corrected chi connectivity index (χ2v) is 4.25. The maximum atomic E-state index is 5.42. The summed E-state index contributed by atoms with van der Waals surface area (Å²) in [6.45, 7) is 2.75. The normalized spacial score (nSPS) is 10.5. The van der Waals surface area contributed by atoms with E-state index in [0.29, 0.717) is 12.4 Å². The molecule has 4 N–H and O–H groups in total. The molecular weight excluding hydrogens is 242 g/mol. The van der Waals surface area contributed by atoms with Crippen molar-refractivity contribution < 1.29 is 0 Å². The molecule has 2 heterocycles. The second-order valence-electron chi connectivity index (χ2n) is 4.25. The zero-order chi connectivity index (χ0) is 13.7. The van der Waals surface area contributed by atoms with Crippen molar-refractivity contribution in [3.63, 3.8) is 0 Å². The Hall–Kier alpha value is -2.15. The highest BCUT2D eigenvalue weighted by Gasteiger charge is 2.04. The van der Waals surface area contributed by atoms with Gasteiger partial charge in [-0.1, -0.05) is 6.92 Å². The molecule has 0 unspecified atom stereocenters. The summed E-state index contributed by atoms with van der Waals surface area (Å²) in [6.07, 6.45) is 3.59. The van der Waals surface area contributed by atoms with E-state index in [0.717, 1.165) is 30.2 Å². The molecule has 7 heteroatoms. The average Bonchev–Trinajstić information content (AvgIpc) is 2.82. The summed E-state index contributed by atoms with van der Waals surface area (Å²) in [5, 5.41) is 7.38. The first kappa shape index (κ1) is 13.3. The lowest BCUT2D eigenvalue weighted by molar-refractivity contribution is 0.719. The van der Waals surface area contributed by atoms with Crippen LogP contribution in [0, 0.1) is 0 Å². The molecular formula is C12H19N7. The molecule has 0 radical (unpaired) electrons. The maximum Gasteiger partial charge on any atom is 0.145 e. The molecule has 2 aromatic rings. The minimum atomic E-state index is 0.617. The van der Waals surface area contributed by atoms with Gasteiger partial charge >= 0.3 is 0 Å². The first-order chi connectivity index (χ1) is 9.22. The van der Waals surface area contributed by atoms with Gasteiger partial charge in [-0.05, 0) is 12.5 Å². The fraction of sp³-hybridized carbons (Fsp3) is 0.417. The summed E-state index contributed by atoms with van der Waals surface area (Å²) in [6, 6.07) is 3.75. The Morgan fingerprint density at radius 2 is 2.11 bits per heavy atom. The van der Waals surface area contributed by atoms with Crippen LogP contribution >= 0.6 is 0 Å². The fourth-order valence-corrected chi connectivity index (χ4v) is 1.75. The average molecular weight is 261 g/mol. The predicted molar refractivity (Wildman–Crippen MR) is 74.4 cm³/mol. The molecule has 0 aliphatic carbocycles. The smallest absolute Gasteiger partial charge is 0.145 e. The van der Waals surface area contributed by atoms with E-state index >= 15 is 0 Å². The van der Waals surface area contributed by atoms with E-state index < -0.39 is 0 Å². The van der Waals surface area contributed by atoms with Crippen LogP contribution in [0.4, 0.5) is 11.6 Å². The number of hydrogen-bond donors (Lipinski definition) is 3. The van der Waals surface area contributed by atoms with Crippen molar-refractivity contribution in [3.05, 3.63) is 29.8 Å². The zero-order valence-corrected chi connectivity index (χ0v) is 11.2. The van der Waals surface area contributed by atoms with Crippen LogP contribution in [0.25, 0.3) is 0 Å². The molecule has 102 valence electrons. The van der Waals surface area contributed by atoms with Gasteiger partial charge in [-0.15, -0.1) is 0 Å². The van der Waals surface area contributed by atoms with Crippen molar-refractivity contribution in [1.29, 1.82) is 0 Å². The molecule has 0 saturated heterocycles. The third-order valence-electron chi connectivity index (χ3n) is 2.77. The summed E-state index contributed by atoms with van der Waals surface area (Å²) in [5.41, 5.74) is 3.64. The van der Waals surface area contributed by atoms with Crippen LogP contribution in [0.5, 0.6) is 0 Å². The van der Waals surface area contributed by atoms with Crippen molar-refractivity contribution >= 4 is 11.6 Å². The molecule has 0 aromatic carbocycles. The highest BCUT2D eigenvalue weighted by molar-refractivity contribution is 5.47. The van der Waals surface area contributed by atoms with E-state index in [2.05, 4.69) is 32.7 Å². The topological polar surface area (TPSA) is 93.7 Å². The van der Waals surface area contributed by atoms with Crippen LogP contribution in [-0.4, -0.2) is 19.7 Å². The van der Waals surface area contributed by atoms with Gasteiger partial charge in [0.05, 0.1) is 12.2 Å². The molecule has 0 spiro atoms. The van der Waals surface area contributed by atoms with E-state index in [-0.39, 0.29) is 0 Å². The van der Waals surface area contributed by atoms with E-state index in [1.165, 1.54) is 0 Å². The van der Waals surface area contributed by atoms with E-state index in [4.69, 9.17) is 5.84 Å². The van der Waals surface area contributed by atoms with Gasteiger partial charge in [-0.2, -0.15) is 5.10 Å². The molecule has 0 bridgehead atoms. The van der Waals surface area contributed by atoms with Gasteiger partial charge in [0.1, 0.15) is 17.5 Å². The number of nitrogens with two attached hydrogens (primary N) is 1. The Morgan fingerprint density at radius 1 is 1.32 bits per heavy atom. The molecule has 7 nitrogen and oxygen atoms in total. The highest BCUT2D eigenvalue weighted by atomic mass is 15.3. The van der Waals surface area contributed by atoms with Crippen LogP contribution in [0.15, 0.2) is 18.3 Å². The Kier molecular flexibility index (Phi) is 4.30. The Balaban J connectivity index is 2.10. The monoisotopic (exact) mass is 261 g/mol. The van der Waals surface area contributed by atoms with Crippen LogP contribution in [-0.2, 0) is 20.0 Å². The Bertz CT molecular complexity index is 535. The lowest BCUT2D eigenvalue weighted by Crippen LogP contribution is -2.13. The van der Waals surface area contributed by atoms with Gasteiger partial charge in [0.2, 0.25) is 0 Å². The van der Waals surface area contributed by atoms with Gasteiger partial charge < -0.3 is 10.7 Å². The molecule has 0 fully saturated rings. The number of aromatic nitrogens is 4. The number of anilines is 2. The van der Waals surface area contributed by atoms with E-state index in [9.17, 15) is 0 Å². The number of hydrazine groups is 1. The molecule has 0 amide bonds. The summed E-state index contributed by atoms with van der Waals surface area (Å²) in [4.78, 5) is 8.75. The van der Waals surface area contributed by atoms with Crippen LogP contribution in [0.3, 0.4) is 0 Å². The third kappa shape index (κ3) is 3.41. The summed E-state index contributed by atoms with van der Waals surface area (Å²) in [7, 11) is 1.91. The van der Waals surface area contributed by atoms with Crippen LogP contribution in [0.2, 0.25) is 0 Å². The molecule has 0 atom stereocenters. The van der Waals surface area contributed by atoms with Gasteiger partial charge in [-0.3, -0.25) is 4.68 Å². The SMILES string of the molecule is CCCc1nc(NN)cc(NCc2ccnn2C)n1. The van der Waals surface area contributed by atoms with Gasteiger partial charge in [0.15, 0.2) is 0 Å². The molecule has 19 heavy (non-hydrogen) atoms. The van der Waals surface area contributed by atoms with Crippen molar-refractivity contribution in [1.82, 2.24) is 19.7 Å². The van der Waals surface area contributed by atoms with Gasteiger partial charge in [0, 0.05) is 25.7 Å². The predicted octanol–water partition coefficient (Wildman–Crippen LogP) is 1.06.